The molecule has 2 rings (SSSR count). The Kier molecular flexibility index (Phi) is 3.37. The minimum absolute atomic E-state index is 0.357. The van der Waals surface area contributed by atoms with Gasteiger partial charge in [-0.3, -0.25) is 4.99 Å². The van der Waals surface area contributed by atoms with Gasteiger partial charge >= 0.3 is 0 Å². The van der Waals surface area contributed by atoms with E-state index in [1.165, 1.54) is 18.4 Å². The number of allylic oxidation sites excluding steroid dienone is 4. The molecule has 0 saturated carbocycles. The summed E-state index contributed by atoms with van der Waals surface area (Å²) in [5, 5.41) is 0. The summed E-state index contributed by atoms with van der Waals surface area (Å²) in [7, 11) is 0. The molecular formula is C14H17N. The lowest BCUT2D eigenvalue weighted by atomic mass is 9.91. The van der Waals surface area contributed by atoms with Crippen molar-refractivity contribution >= 4 is 6.21 Å². The Bertz CT molecular complexity index is 365. The fourth-order valence-corrected chi connectivity index (χ4v) is 1.93. The normalized spacial score (nSPS) is 28.2. The maximum Gasteiger partial charge on any atom is 0.0753 e. The molecule has 0 N–H and O–H groups in total. The van der Waals surface area contributed by atoms with Crippen LogP contribution in [-0.4, -0.2) is 12.3 Å². The Morgan fingerprint density at radius 1 is 1.47 bits per heavy atom. The van der Waals surface area contributed by atoms with Gasteiger partial charge in [-0.1, -0.05) is 23.8 Å². The molecule has 0 fully saturated rings. The highest BCUT2D eigenvalue weighted by molar-refractivity contribution is 5.72. The van der Waals surface area contributed by atoms with Crippen molar-refractivity contribution < 1.29 is 0 Å². The monoisotopic (exact) mass is 199 g/mol. The molecule has 1 aliphatic heterocycles. The van der Waals surface area contributed by atoms with Crippen LogP contribution in [0, 0.1) is 5.92 Å². The van der Waals surface area contributed by atoms with Crippen molar-refractivity contribution in [2.45, 2.75) is 32.2 Å². The molecule has 1 aliphatic carbocycles. The maximum absolute atomic E-state index is 4.39. The second kappa shape index (κ2) is 4.95. The Morgan fingerprint density at radius 2 is 2.40 bits per heavy atom. The van der Waals surface area contributed by atoms with E-state index in [1.54, 1.807) is 0 Å². The number of aliphatic imine (C=N–C) groups is 1. The predicted molar refractivity (Wildman–Crippen MR) is 65.2 cm³/mol. The van der Waals surface area contributed by atoms with Crippen molar-refractivity contribution in [2.75, 3.05) is 0 Å². The molecular weight excluding hydrogens is 182 g/mol. The Hall–Kier alpha value is -1.33. The molecule has 1 heterocycles. The first-order valence-electron chi connectivity index (χ1n) is 5.64. The number of rotatable bonds is 3. The molecule has 78 valence electrons. The van der Waals surface area contributed by atoms with Crippen LogP contribution >= 0.6 is 0 Å². The van der Waals surface area contributed by atoms with Gasteiger partial charge in [-0.15, -0.1) is 5.73 Å². The lowest BCUT2D eigenvalue weighted by molar-refractivity contribution is 0.539. The number of hydrogen-bond acceptors (Lipinski definition) is 1. The first kappa shape index (κ1) is 10.2. The molecule has 2 unspecified atom stereocenters. The van der Waals surface area contributed by atoms with E-state index >= 15 is 0 Å². The summed E-state index contributed by atoms with van der Waals surface area (Å²) in [6, 6.07) is 0.357. The van der Waals surface area contributed by atoms with Gasteiger partial charge in [0, 0.05) is 6.21 Å². The molecule has 1 heteroatoms. The average molecular weight is 199 g/mol. The van der Waals surface area contributed by atoms with E-state index < -0.39 is 0 Å². The van der Waals surface area contributed by atoms with Gasteiger partial charge in [0.25, 0.3) is 0 Å². The van der Waals surface area contributed by atoms with Gasteiger partial charge in [-0.2, -0.15) is 0 Å². The molecule has 0 spiro atoms. The van der Waals surface area contributed by atoms with E-state index in [2.05, 4.69) is 42.0 Å². The molecule has 0 bridgehead atoms. The van der Waals surface area contributed by atoms with Crippen LogP contribution in [0.1, 0.15) is 26.2 Å². The summed E-state index contributed by atoms with van der Waals surface area (Å²) in [4.78, 5) is 4.39. The first-order chi connectivity index (χ1) is 7.34. The summed E-state index contributed by atoms with van der Waals surface area (Å²) < 4.78 is 0. The van der Waals surface area contributed by atoms with Crippen LogP contribution < -0.4 is 0 Å². The van der Waals surface area contributed by atoms with Gasteiger partial charge < -0.3 is 0 Å². The molecule has 0 saturated heterocycles. The molecule has 2 atom stereocenters. The predicted octanol–water partition coefficient (Wildman–Crippen LogP) is 3.45. The third-order valence-electron chi connectivity index (χ3n) is 2.94. The van der Waals surface area contributed by atoms with E-state index in [1.807, 2.05) is 12.3 Å². The number of hydrogen-bond donors (Lipinski definition) is 0. The molecule has 0 radical (unpaired) electrons. The van der Waals surface area contributed by atoms with Gasteiger partial charge in [0.1, 0.15) is 0 Å². The first-order valence-corrected chi connectivity index (χ1v) is 5.64. The molecule has 0 aromatic carbocycles. The highest BCUT2D eigenvalue weighted by Gasteiger charge is 2.10. The van der Waals surface area contributed by atoms with Gasteiger partial charge in [0.2, 0.25) is 0 Å². The zero-order valence-electron chi connectivity index (χ0n) is 9.19. The molecule has 2 aliphatic rings. The van der Waals surface area contributed by atoms with E-state index in [0.717, 1.165) is 6.42 Å². The van der Waals surface area contributed by atoms with Gasteiger partial charge in [0.05, 0.1) is 6.04 Å². The van der Waals surface area contributed by atoms with Crippen molar-refractivity contribution in [3.63, 3.8) is 0 Å². The third kappa shape index (κ3) is 3.07. The standard InChI is InChI=1S/C14H17N/c1-12-5-7-13(8-6-12)9-10-14-4-2-3-11-15-14/h3-7,11,13-14H,8-10H2,1H3. The van der Waals surface area contributed by atoms with Crippen molar-refractivity contribution in [3.05, 3.63) is 41.7 Å². The van der Waals surface area contributed by atoms with E-state index in [4.69, 9.17) is 0 Å². The molecule has 0 aromatic rings. The SMILES string of the molecule is CC1=CCC(CCC2C=C=CC=N2)C=C1. The van der Waals surface area contributed by atoms with Crippen LogP contribution in [0.3, 0.4) is 0 Å². The fraction of sp³-hybridized carbons (Fsp3) is 0.429. The fourth-order valence-electron chi connectivity index (χ4n) is 1.93. The van der Waals surface area contributed by atoms with Gasteiger partial charge in [0.15, 0.2) is 0 Å². The van der Waals surface area contributed by atoms with Crippen LogP contribution in [0.25, 0.3) is 0 Å². The van der Waals surface area contributed by atoms with Crippen molar-refractivity contribution in [1.29, 1.82) is 0 Å². The summed E-state index contributed by atoms with van der Waals surface area (Å²) in [5.74, 6) is 0.711. The van der Waals surface area contributed by atoms with Crippen molar-refractivity contribution in [3.8, 4) is 0 Å². The molecule has 1 nitrogen and oxygen atoms in total. The maximum atomic E-state index is 4.39. The average Bonchev–Trinajstić information content (AvgIpc) is 2.30. The largest absolute Gasteiger partial charge is 0.284 e. The zero-order valence-corrected chi connectivity index (χ0v) is 9.19. The van der Waals surface area contributed by atoms with Crippen LogP contribution in [0.2, 0.25) is 0 Å². The summed E-state index contributed by atoms with van der Waals surface area (Å²) in [6.45, 7) is 2.16. The van der Waals surface area contributed by atoms with Crippen LogP contribution in [0.4, 0.5) is 0 Å². The van der Waals surface area contributed by atoms with Crippen LogP contribution in [-0.2, 0) is 0 Å². The van der Waals surface area contributed by atoms with Crippen LogP contribution in [0.15, 0.2) is 46.7 Å². The second-order valence-corrected chi connectivity index (χ2v) is 4.25. The van der Waals surface area contributed by atoms with Crippen LogP contribution in [0.5, 0.6) is 0 Å². The summed E-state index contributed by atoms with van der Waals surface area (Å²) in [6.07, 6.45) is 16.2. The van der Waals surface area contributed by atoms with Crippen molar-refractivity contribution in [2.24, 2.45) is 10.9 Å². The minimum atomic E-state index is 0.357. The summed E-state index contributed by atoms with van der Waals surface area (Å²) >= 11 is 0. The van der Waals surface area contributed by atoms with Gasteiger partial charge in [-0.25, -0.2) is 0 Å². The van der Waals surface area contributed by atoms with Gasteiger partial charge in [-0.05, 0) is 44.3 Å². The lowest BCUT2D eigenvalue weighted by Gasteiger charge is -2.16. The lowest BCUT2D eigenvalue weighted by Crippen LogP contribution is -2.07. The topological polar surface area (TPSA) is 12.4 Å². The highest BCUT2D eigenvalue weighted by atomic mass is 14.8. The van der Waals surface area contributed by atoms with E-state index in [-0.39, 0.29) is 0 Å². The quantitative estimate of drug-likeness (QED) is 0.617. The molecule has 0 amide bonds. The third-order valence-corrected chi connectivity index (χ3v) is 2.94. The molecule has 0 aromatic heterocycles. The smallest absolute Gasteiger partial charge is 0.0753 e. The second-order valence-electron chi connectivity index (χ2n) is 4.25. The van der Waals surface area contributed by atoms with Crippen molar-refractivity contribution in [1.82, 2.24) is 0 Å². The molecule has 15 heavy (non-hydrogen) atoms. The Balaban J connectivity index is 1.78. The summed E-state index contributed by atoms with van der Waals surface area (Å²) in [5.41, 5.74) is 4.49. The Morgan fingerprint density at radius 3 is 3.07 bits per heavy atom. The number of nitrogens with zero attached hydrogens (tertiary/aromatic N) is 1. The van der Waals surface area contributed by atoms with E-state index in [9.17, 15) is 0 Å². The van der Waals surface area contributed by atoms with E-state index in [0.29, 0.717) is 12.0 Å². The Labute approximate surface area is 91.6 Å². The highest BCUT2D eigenvalue weighted by Crippen LogP contribution is 2.22. The minimum Gasteiger partial charge on any atom is -0.284 e. The zero-order chi connectivity index (χ0) is 10.5.